The zero-order valence-electron chi connectivity index (χ0n) is 8.66. The van der Waals surface area contributed by atoms with Crippen LogP contribution in [-0.2, 0) is 9.53 Å². The molecule has 0 radical (unpaired) electrons. The number of nitrogens with zero attached hydrogens (tertiary/aromatic N) is 1. The van der Waals surface area contributed by atoms with E-state index in [9.17, 15) is 4.79 Å². The second-order valence-electron chi connectivity index (χ2n) is 2.89. The van der Waals surface area contributed by atoms with E-state index in [0.717, 1.165) is 15.9 Å². The first-order valence-corrected chi connectivity index (χ1v) is 5.40. The van der Waals surface area contributed by atoms with Gasteiger partial charge in [0, 0.05) is 10.5 Å². The van der Waals surface area contributed by atoms with E-state index >= 15 is 0 Å². The Bertz CT molecular complexity index is 388. The van der Waals surface area contributed by atoms with E-state index in [1.807, 2.05) is 19.1 Å². The Morgan fingerprint density at radius 2 is 2.33 bits per heavy atom. The van der Waals surface area contributed by atoms with Gasteiger partial charge in [0.2, 0.25) is 0 Å². The maximum absolute atomic E-state index is 11.0. The monoisotopic (exact) mass is 269 g/mol. The van der Waals surface area contributed by atoms with E-state index in [4.69, 9.17) is 4.74 Å². The van der Waals surface area contributed by atoms with Gasteiger partial charge >= 0.3 is 5.97 Å². The molecule has 0 aromatic carbocycles. The van der Waals surface area contributed by atoms with E-state index in [1.54, 1.807) is 13.0 Å². The van der Waals surface area contributed by atoms with Gasteiger partial charge in [0.15, 0.2) is 0 Å². The minimum absolute atomic E-state index is 0.347. The molecule has 0 aliphatic carbocycles. The largest absolute Gasteiger partial charge is 0.463 e. The summed E-state index contributed by atoms with van der Waals surface area (Å²) in [5.41, 5.74) is 1.63. The molecule has 15 heavy (non-hydrogen) atoms. The number of esters is 1. The van der Waals surface area contributed by atoms with E-state index < -0.39 is 0 Å². The van der Waals surface area contributed by atoms with Crippen LogP contribution >= 0.6 is 15.9 Å². The molecule has 0 amide bonds. The molecule has 4 heteroatoms. The number of aromatic nitrogens is 1. The van der Waals surface area contributed by atoms with Gasteiger partial charge in [-0.05, 0) is 48.0 Å². The summed E-state index contributed by atoms with van der Waals surface area (Å²) in [5.74, 6) is -0.347. The molecule has 0 fully saturated rings. The lowest BCUT2D eigenvalue weighted by Crippen LogP contribution is -1.98. The first kappa shape index (κ1) is 11.9. The van der Waals surface area contributed by atoms with Crippen LogP contribution < -0.4 is 0 Å². The number of aryl methyl sites for hydroxylation is 1. The number of hydrogen-bond donors (Lipinski definition) is 0. The summed E-state index contributed by atoms with van der Waals surface area (Å²) in [6.45, 7) is 4.05. The molecule has 1 heterocycles. The normalized spacial score (nSPS) is 10.6. The summed E-state index contributed by atoms with van der Waals surface area (Å²) >= 11 is 3.36. The maximum atomic E-state index is 11.0. The molecule has 3 nitrogen and oxygen atoms in total. The van der Waals surface area contributed by atoms with Crippen LogP contribution in [0.2, 0.25) is 0 Å². The van der Waals surface area contributed by atoms with E-state index in [-0.39, 0.29) is 5.97 Å². The molecule has 0 unspecified atom stereocenters. The number of halogens is 1. The van der Waals surface area contributed by atoms with Gasteiger partial charge in [0.05, 0.1) is 18.0 Å². The third kappa shape index (κ3) is 3.83. The average Bonchev–Trinajstić information content (AvgIpc) is 2.20. The highest BCUT2D eigenvalue weighted by atomic mass is 79.9. The number of carbonyl (C=O) groups is 1. The van der Waals surface area contributed by atoms with Crippen LogP contribution in [0.4, 0.5) is 0 Å². The molecule has 0 saturated heterocycles. The van der Waals surface area contributed by atoms with Gasteiger partial charge < -0.3 is 4.74 Å². The fourth-order valence-corrected chi connectivity index (χ4v) is 1.22. The van der Waals surface area contributed by atoms with Crippen LogP contribution in [0.5, 0.6) is 0 Å². The highest BCUT2D eigenvalue weighted by Gasteiger charge is 1.97. The second kappa shape index (κ2) is 5.66. The Balaban J connectivity index is 2.72. The van der Waals surface area contributed by atoms with E-state index in [1.165, 1.54) is 6.08 Å². The summed E-state index contributed by atoms with van der Waals surface area (Å²) < 4.78 is 5.71. The van der Waals surface area contributed by atoms with Gasteiger partial charge in [-0.2, -0.15) is 0 Å². The summed E-state index contributed by atoms with van der Waals surface area (Å²) in [4.78, 5) is 15.3. The predicted molar refractivity (Wildman–Crippen MR) is 62.3 cm³/mol. The Kier molecular flexibility index (Phi) is 4.49. The molecule has 80 valence electrons. The quantitative estimate of drug-likeness (QED) is 0.626. The van der Waals surface area contributed by atoms with Crippen molar-refractivity contribution in [2.24, 2.45) is 0 Å². The van der Waals surface area contributed by atoms with Gasteiger partial charge in [-0.15, -0.1) is 0 Å². The molecule has 0 aliphatic rings. The zero-order chi connectivity index (χ0) is 11.3. The second-order valence-corrected chi connectivity index (χ2v) is 3.74. The summed E-state index contributed by atoms with van der Waals surface area (Å²) in [5, 5.41) is 0. The highest BCUT2D eigenvalue weighted by molar-refractivity contribution is 9.10. The molecule has 0 aliphatic heterocycles. The molecule has 0 saturated carbocycles. The van der Waals surface area contributed by atoms with Crippen molar-refractivity contribution in [1.82, 2.24) is 4.98 Å². The van der Waals surface area contributed by atoms with Gasteiger partial charge in [0.1, 0.15) is 0 Å². The van der Waals surface area contributed by atoms with E-state index in [0.29, 0.717) is 6.61 Å². The minimum Gasteiger partial charge on any atom is -0.463 e. The third-order valence-electron chi connectivity index (χ3n) is 1.72. The molecule has 0 atom stereocenters. The van der Waals surface area contributed by atoms with Crippen molar-refractivity contribution in [3.05, 3.63) is 34.1 Å². The number of pyridine rings is 1. The van der Waals surface area contributed by atoms with Crippen LogP contribution in [0.15, 0.2) is 22.7 Å². The Labute approximate surface area is 97.3 Å². The first-order valence-electron chi connectivity index (χ1n) is 4.61. The van der Waals surface area contributed by atoms with Crippen molar-refractivity contribution in [2.45, 2.75) is 13.8 Å². The maximum Gasteiger partial charge on any atom is 0.330 e. The Morgan fingerprint density at radius 1 is 1.60 bits per heavy atom. The molecular formula is C11H12BrNO2. The Hall–Kier alpha value is -1.16. The third-order valence-corrected chi connectivity index (χ3v) is 2.56. The SMILES string of the molecule is CCOC(=O)/C=C/c1ccc(Br)c(C)n1. The zero-order valence-corrected chi connectivity index (χ0v) is 10.2. The molecule has 1 aromatic rings. The van der Waals surface area contributed by atoms with Crippen molar-refractivity contribution >= 4 is 28.0 Å². The lowest BCUT2D eigenvalue weighted by molar-refractivity contribution is -0.137. The van der Waals surface area contributed by atoms with Crippen LogP contribution in [-0.4, -0.2) is 17.6 Å². The van der Waals surface area contributed by atoms with Crippen LogP contribution in [0.1, 0.15) is 18.3 Å². The molecule has 1 aromatic heterocycles. The molecule has 0 N–H and O–H groups in total. The van der Waals surface area contributed by atoms with E-state index in [2.05, 4.69) is 20.9 Å². The minimum atomic E-state index is -0.347. The van der Waals surface area contributed by atoms with Gasteiger partial charge in [-0.1, -0.05) is 0 Å². The lowest BCUT2D eigenvalue weighted by Gasteiger charge is -1.98. The molecule has 0 bridgehead atoms. The van der Waals surface area contributed by atoms with Gasteiger partial charge in [0.25, 0.3) is 0 Å². The van der Waals surface area contributed by atoms with Crippen LogP contribution in [0.25, 0.3) is 6.08 Å². The van der Waals surface area contributed by atoms with Crippen molar-refractivity contribution in [3.8, 4) is 0 Å². The number of rotatable bonds is 3. The summed E-state index contributed by atoms with van der Waals surface area (Å²) in [7, 11) is 0. The molecule has 0 spiro atoms. The first-order chi connectivity index (χ1) is 7.13. The average molecular weight is 270 g/mol. The van der Waals surface area contributed by atoms with Gasteiger partial charge in [-0.3, -0.25) is 4.98 Å². The summed E-state index contributed by atoms with van der Waals surface area (Å²) in [6, 6.07) is 3.72. The molecule has 1 rings (SSSR count). The number of ether oxygens (including phenoxy) is 1. The van der Waals surface area contributed by atoms with Crippen molar-refractivity contribution < 1.29 is 9.53 Å². The fraction of sp³-hybridized carbons (Fsp3) is 0.273. The van der Waals surface area contributed by atoms with Crippen molar-refractivity contribution in [1.29, 1.82) is 0 Å². The van der Waals surface area contributed by atoms with Crippen molar-refractivity contribution in [3.63, 3.8) is 0 Å². The highest BCUT2D eigenvalue weighted by Crippen LogP contribution is 2.14. The summed E-state index contributed by atoms with van der Waals surface area (Å²) in [6.07, 6.45) is 3.01. The topological polar surface area (TPSA) is 39.2 Å². The predicted octanol–water partition coefficient (Wildman–Crippen LogP) is 2.73. The Morgan fingerprint density at radius 3 is 2.93 bits per heavy atom. The fourth-order valence-electron chi connectivity index (χ4n) is 1.00. The number of carbonyl (C=O) groups excluding carboxylic acids is 1. The standard InChI is InChI=1S/C11H12BrNO2/c1-3-15-11(14)7-5-9-4-6-10(12)8(2)13-9/h4-7H,3H2,1-2H3/b7-5+. The van der Waals surface area contributed by atoms with Gasteiger partial charge in [-0.25, -0.2) is 4.79 Å². The van der Waals surface area contributed by atoms with Crippen molar-refractivity contribution in [2.75, 3.05) is 6.61 Å². The lowest BCUT2D eigenvalue weighted by atomic mass is 10.3. The van der Waals surface area contributed by atoms with Crippen LogP contribution in [0.3, 0.4) is 0 Å². The van der Waals surface area contributed by atoms with Crippen LogP contribution in [0, 0.1) is 6.92 Å². The smallest absolute Gasteiger partial charge is 0.330 e. The molecular weight excluding hydrogens is 258 g/mol. The number of hydrogen-bond acceptors (Lipinski definition) is 3.